The SMILES string of the molecule is C[C@H]1CCCC[C@@]12NC(=O)N(CC(=O)Nc1ccccc1N1CCCCCC1)C2=O. The number of carbonyl (C=O) groups is 3. The maximum atomic E-state index is 13.1. The fourth-order valence-corrected chi connectivity index (χ4v) is 5.14. The van der Waals surface area contributed by atoms with Gasteiger partial charge in [-0.25, -0.2) is 4.79 Å². The quantitative estimate of drug-likeness (QED) is 0.742. The summed E-state index contributed by atoms with van der Waals surface area (Å²) in [6.45, 7) is 3.70. The summed E-state index contributed by atoms with van der Waals surface area (Å²) in [4.78, 5) is 41.9. The molecule has 0 aromatic heterocycles. The fourth-order valence-electron chi connectivity index (χ4n) is 5.14. The second-order valence-corrected chi connectivity index (χ2v) is 8.91. The molecule has 1 spiro atoms. The van der Waals surface area contributed by atoms with Crippen LogP contribution in [0.3, 0.4) is 0 Å². The molecule has 2 heterocycles. The number of urea groups is 1. The first-order valence-electron chi connectivity index (χ1n) is 11.3. The Labute approximate surface area is 178 Å². The molecular formula is C23H32N4O3. The summed E-state index contributed by atoms with van der Waals surface area (Å²) in [5, 5.41) is 5.85. The largest absolute Gasteiger partial charge is 0.370 e. The molecule has 3 fully saturated rings. The molecular weight excluding hydrogens is 380 g/mol. The van der Waals surface area contributed by atoms with Crippen molar-refractivity contribution in [1.82, 2.24) is 10.2 Å². The lowest BCUT2D eigenvalue weighted by Crippen LogP contribution is -2.54. The summed E-state index contributed by atoms with van der Waals surface area (Å²) < 4.78 is 0. The van der Waals surface area contributed by atoms with Crippen LogP contribution in [0.2, 0.25) is 0 Å². The topological polar surface area (TPSA) is 81.8 Å². The van der Waals surface area contributed by atoms with E-state index in [4.69, 9.17) is 0 Å². The van der Waals surface area contributed by atoms with Gasteiger partial charge < -0.3 is 15.5 Å². The van der Waals surface area contributed by atoms with E-state index >= 15 is 0 Å². The normalized spacial score (nSPS) is 27.2. The molecule has 3 aliphatic rings. The number of imide groups is 1. The van der Waals surface area contributed by atoms with Gasteiger partial charge in [0, 0.05) is 13.1 Å². The lowest BCUT2D eigenvalue weighted by molar-refractivity contribution is -0.136. The number of nitrogens with one attached hydrogen (secondary N) is 2. The number of benzene rings is 1. The molecule has 4 rings (SSSR count). The Hall–Kier alpha value is -2.57. The second-order valence-electron chi connectivity index (χ2n) is 8.91. The average Bonchev–Trinajstić information content (AvgIpc) is 2.92. The fraction of sp³-hybridized carbons (Fsp3) is 0.609. The summed E-state index contributed by atoms with van der Waals surface area (Å²) in [6.07, 6.45) is 8.30. The number of amides is 4. The smallest absolute Gasteiger partial charge is 0.325 e. The van der Waals surface area contributed by atoms with Crippen molar-refractivity contribution < 1.29 is 14.4 Å². The number of carbonyl (C=O) groups excluding carboxylic acids is 3. The van der Waals surface area contributed by atoms with E-state index in [1.54, 1.807) is 0 Å². The van der Waals surface area contributed by atoms with Crippen LogP contribution < -0.4 is 15.5 Å². The van der Waals surface area contributed by atoms with Crippen molar-refractivity contribution in [2.45, 2.75) is 63.8 Å². The van der Waals surface area contributed by atoms with Gasteiger partial charge in [-0.05, 0) is 43.7 Å². The minimum Gasteiger partial charge on any atom is -0.370 e. The molecule has 1 saturated carbocycles. The van der Waals surface area contributed by atoms with Gasteiger partial charge in [-0.2, -0.15) is 0 Å². The number of para-hydroxylation sites is 2. The minimum atomic E-state index is -0.834. The van der Waals surface area contributed by atoms with Gasteiger partial charge in [-0.1, -0.05) is 44.7 Å². The van der Waals surface area contributed by atoms with Gasteiger partial charge in [0.2, 0.25) is 5.91 Å². The summed E-state index contributed by atoms with van der Waals surface area (Å²) in [6, 6.07) is 7.32. The zero-order valence-corrected chi connectivity index (χ0v) is 17.8. The highest BCUT2D eigenvalue weighted by Gasteiger charge is 2.55. The van der Waals surface area contributed by atoms with Gasteiger partial charge in [0.05, 0.1) is 11.4 Å². The van der Waals surface area contributed by atoms with Crippen LogP contribution in [0.15, 0.2) is 24.3 Å². The predicted molar refractivity (Wildman–Crippen MR) is 116 cm³/mol. The van der Waals surface area contributed by atoms with Crippen LogP contribution in [-0.2, 0) is 9.59 Å². The van der Waals surface area contributed by atoms with E-state index in [0.29, 0.717) is 6.42 Å². The van der Waals surface area contributed by atoms with Gasteiger partial charge >= 0.3 is 6.03 Å². The van der Waals surface area contributed by atoms with Crippen LogP contribution in [0.4, 0.5) is 16.2 Å². The monoisotopic (exact) mass is 412 g/mol. The zero-order chi connectivity index (χ0) is 21.1. The summed E-state index contributed by atoms with van der Waals surface area (Å²) in [5.74, 6) is -0.517. The van der Waals surface area contributed by atoms with E-state index in [1.165, 1.54) is 12.8 Å². The zero-order valence-electron chi connectivity index (χ0n) is 17.8. The van der Waals surface area contributed by atoms with Crippen molar-refractivity contribution in [3.05, 3.63) is 24.3 Å². The van der Waals surface area contributed by atoms with Crippen LogP contribution in [0.1, 0.15) is 58.3 Å². The van der Waals surface area contributed by atoms with Crippen molar-refractivity contribution in [2.75, 3.05) is 29.9 Å². The highest BCUT2D eigenvalue weighted by Crippen LogP contribution is 2.38. The molecule has 2 aliphatic heterocycles. The molecule has 2 atom stereocenters. The Balaban J connectivity index is 1.45. The highest BCUT2D eigenvalue weighted by molar-refractivity contribution is 6.10. The predicted octanol–water partition coefficient (Wildman–Crippen LogP) is 3.51. The standard InChI is InChI=1S/C23H32N4O3/c1-17-10-6-7-13-23(17)21(29)27(22(30)25-23)16-20(28)24-18-11-4-5-12-19(18)26-14-8-2-3-9-15-26/h4-5,11-12,17H,2-3,6-10,13-16H2,1H3,(H,24,28)(H,25,30)/t17-,23+/m0/s1. The summed E-state index contributed by atoms with van der Waals surface area (Å²) in [7, 11) is 0. The third-order valence-corrected chi connectivity index (χ3v) is 6.93. The maximum absolute atomic E-state index is 13.1. The van der Waals surface area contributed by atoms with Crippen LogP contribution >= 0.6 is 0 Å². The molecule has 1 aromatic carbocycles. The number of hydrogen-bond donors (Lipinski definition) is 2. The molecule has 30 heavy (non-hydrogen) atoms. The van der Waals surface area contributed by atoms with Gasteiger partial charge in [-0.15, -0.1) is 0 Å². The van der Waals surface area contributed by atoms with Crippen LogP contribution in [0.25, 0.3) is 0 Å². The summed E-state index contributed by atoms with van der Waals surface area (Å²) in [5.41, 5.74) is 0.902. The number of anilines is 2. The first kappa shape index (κ1) is 20.7. The Bertz CT molecular complexity index is 818. The van der Waals surface area contributed by atoms with Gasteiger partial charge in [-0.3, -0.25) is 14.5 Å². The molecule has 0 radical (unpaired) electrons. The number of hydrogen-bond acceptors (Lipinski definition) is 4. The van der Waals surface area contributed by atoms with E-state index in [1.807, 2.05) is 31.2 Å². The van der Waals surface area contributed by atoms with Crippen molar-refractivity contribution >= 4 is 29.2 Å². The van der Waals surface area contributed by atoms with Crippen molar-refractivity contribution in [3.8, 4) is 0 Å². The third kappa shape index (κ3) is 3.89. The molecule has 0 unspecified atom stereocenters. The number of rotatable bonds is 4. The van der Waals surface area contributed by atoms with E-state index in [-0.39, 0.29) is 24.3 Å². The van der Waals surface area contributed by atoms with Crippen molar-refractivity contribution in [2.24, 2.45) is 5.92 Å². The molecule has 2 N–H and O–H groups in total. The maximum Gasteiger partial charge on any atom is 0.325 e. The molecule has 2 saturated heterocycles. The second kappa shape index (κ2) is 8.66. The van der Waals surface area contributed by atoms with Gasteiger partial charge in [0.1, 0.15) is 12.1 Å². The van der Waals surface area contributed by atoms with E-state index in [9.17, 15) is 14.4 Å². The molecule has 0 bridgehead atoms. The minimum absolute atomic E-state index is 0.0829. The molecule has 1 aromatic rings. The van der Waals surface area contributed by atoms with E-state index < -0.39 is 11.6 Å². The van der Waals surface area contributed by atoms with Gasteiger partial charge in [0.15, 0.2) is 0 Å². The summed E-state index contributed by atoms with van der Waals surface area (Å²) >= 11 is 0. The first-order valence-corrected chi connectivity index (χ1v) is 11.3. The molecule has 7 nitrogen and oxygen atoms in total. The van der Waals surface area contributed by atoms with Gasteiger partial charge in [0.25, 0.3) is 5.91 Å². The third-order valence-electron chi connectivity index (χ3n) is 6.93. The van der Waals surface area contributed by atoms with E-state index in [0.717, 1.165) is 61.5 Å². The molecule has 1 aliphatic carbocycles. The van der Waals surface area contributed by atoms with Crippen LogP contribution in [0.5, 0.6) is 0 Å². The molecule has 4 amide bonds. The lowest BCUT2D eigenvalue weighted by Gasteiger charge is -2.36. The van der Waals surface area contributed by atoms with Crippen molar-refractivity contribution in [3.63, 3.8) is 0 Å². The Morgan fingerprint density at radius 1 is 1.10 bits per heavy atom. The Kier molecular flexibility index (Phi) is 5.97. The average molecular weight is 413 g/mol. The van der Waals surface area contributed by atoms with Crippen LogP contribution in [-0.4, -0.2) is 47.9 Å². The lowest BCUT2D eigenvalue weighted by atomic mass is 9.73. The first-order chi connectivity index (χ1) is 14.5. The van der Waals surface area contributed by atoms with Crippen LogP contribution in [0, 0.1) is 5.92 Å². The van der Waals surface area contributed by atoms with Crippen molar-refractivity contribution in [1.29, 1.82) is 0 Å². The number of nitrogens with zero attached hydrogens (tertiary/aromatic N) is 2. The molecule has 7 heteroatoms. The van der Waals surface area contributed by atoms with E-state index in [2.05, 4.69) is 15.5 Å². The highest BCUT2D eigenvalue weighted by atomic mass is 16.2. The molecule has 162 valence electrons. The Morgan fingerprint density at radius 2 is 1.83 bits per heavy atom. The Morgan fingerprint density at radius 3 is 2.57 bits per heavy atom.